The van der Waals surface area contributed by atoms with Gasteiger partial charge in [-0.05, 0) is 52.9 Å². The first-order valence-electron chi connectivity index (χ1n) is 9.74. The number of hydrogen-bond donors (Lipinski definition) is 1. The van der Waals surface area contributed by atoms with Gasteiger partial charge in [-0.2, -0.15) is 0 Å². The summed E-state index contributed by atoms with van der Waals surface area (Å²) < 4.78 is 12.0. The minimum atomic E-state index is -0.993. The molecule has 0 fully saturated rings. The lowest BCUT2D eigenvalue weighted by Crippen LogP contribution is -2.11. The van der Waals surface area contributed by atoms with E-state index in [0.29, 0.717) is 24.9 Å². The molecule has 0 saturated carbocycles. The highest BCUT2D eigenvalue weighted by Crippen LogP contribution is 2.30. The Kier molecular flexibility index (Phi) is 6.55. The van der Waals surface area contributed by atoms with Gasteiger partial charge in [0.05, 0.1) is 0 Å². The second-order valence-electron chi connectivity index (χ2n) is 7.26. The highest BCUT2D eigenvalue weighted by molar-refractivity contribution is 5.96. The molecule has 0 aliphatic carbocycles. The molecule has 1 N–H and O–H groups in total. The van der Waals surface area contributed by atoms with Crippen LogP contribution in [-0.4, -0.2) is 24.3 Å². The van der Waals surface area contributed by atoms with Crippen molar-refractivity contribution in [3.8, 4) is 11.5 Å². The standard InChI is InChI=1S/C25H26O4/c1-17(2)20-10-8-18(3)16-24(20)29-15-14-28-23-12-9-19-6-4-5-7-21(19)22(23)11-13-25(26)27/h4-13,16-17H,14-15H2,1-3H3,(H,26,27). The molecule has 4 heteroatoms. The first-order chi connectivity index (χ1) is 14.0. The molecule has 0 heterocycles. The number of aryl methyl sites for hydroxylation is 1. The molecule has 150 valence electrons. The van der Waals surface area contributed by atoms with E-state index < -0.39 is 5.97 Å². The predicted octanol–water partition coefficient (Wildman–Crippen LogP) is 5.83. The van der Waals surface area contributed by atoms with Crippen molar-refractivity contribution in [3.05, 3.63) is 77.4 Å². The molecular formula is C25H26O4. The average molecular weight is 390 g/mol. The maximum atomic E-state index is 11.0. The zero-order valence-electron chi connectivity index (χ0n) is 17.0. The van der Waals surface area contributed by atoms with Crippen LogP contribution in [0.25, 0.3) is 16.8 Å². The SMILES string of the molecule is Cc1ccc(C(C)C)c(OCCOc2ccc3ccccc3c2C=CC(=O)O)c1. The molecule has 0 amide bonds. The number of hydrogen-bond acceptors (Lipinski definition) is 3. The molecular weight excluding hydrogens is 364 g/mol. The van der Waals surface area contributed by atoms with Crippen LogP contribution in [-0.2, 0) is 4.79 Å². The molecule has 3 aromatic carbocycles. The van der Waals surface area contributed by atoms with Gasteiger partial charge in [0.2, 0.25) is 0 Å². The number of ether oxygens (including phenoxy) is 2. The predicted molar refractivity (Wildman–Crippen MR) is 117 cm³/mol. The number of benzene rings is 3. The van der Waals surface area contributed by atoms with E-state index in [1.165, 1.54) is 5.56 Å². The molecule has 0 aliphatic rings. The molecule has 0 saturated heterocycles. The first kappa shape index (κ1) is 20.5. The van der Waals surface area contributed by atoms with Crippen LogP contribution in [0.1, 0.15) is 36.5 Å². The van der Waals surface area contributed by atoms with Crippen molar-refractivity contribution in [2.45, 2.75) is 26.7 Å². The van der Waals surface area contributed by atoms with E-state index in [0.717, 1.165) is 33.7 Å². The normalized spacial score (nSPS) is 11.3. The second kappa shape index (κ2) is 9.28. The Morgan fingerprint density at radius 1 is 1.00 bits per heavy atom. The molecule has 3 rings (SSSR count). The number of carboxylic acid groups (broad SMARTS) is 1. The van der Waals surface area contributed by atoms with Crippen molar-refractivity contribution in [2.24, 2.45) is 0 Å². The van der Waals surface area contributed by atoms with Gasteiger partial charge in [0, 0.05) is 11.6 Å². The second-order valence-corrected chi connectivity index (χ2v) is 7.26. The Labute approximate surface area is 171 Å². The number of carboxylic acids is 1. The quantitative estimate of drug-likeness (QED) is 0.388. The number of rotatable bonds is 8. The largest absolute Gasteiger partial charge is 0.490 e. The summed E-state index contributed by atoms with van der Waals surface area (Å²) in [6.45, 7) is 7.09. The van der Waals surface area contributed by atoms with Crippen LogP contribution in [0, 0.1) is 6.92 Å². The molecule has 4 nitrogen and oxygen atoms in total. The molecule has 0 unspecified atom stereocenters. The third-order valence-corrected chi connectivity index (χ3v) is 4.71. The minimum Gasteiger partial charge on any atom is -0.490 e. The van der Waals surface area contributed by atoms with Crippen molar-refractivity contribution in [3.63, 3.8) is 0 Å². The summed E-state index contributed by atoms with van der Waals surface area (Å²) in [6, 6.07) is 17.9. The monoisotopic (exact) mass is 390 g/mol. The van der Waals surface area contributed by atoms with Gasteiger partial charge in [0.1, 0.15) is 24.7 Å². The molecule has 0 atom stereocenters. The zero-order valence-corrected chi connectivity index (χ0v) is 17.0. The van der Waals surface area contributed by atoms with Crippen LogP contribution in [0.5, 0.6) is 11.5 Å². The summed E-state index contributed by atoms with van der Waals surface area (Å²) in [4.78, 5) is 11.0. The summed E-state index contributed by atoms with van der Waals surface area (Å²) in [5.74, 6) is 0.902. The van der Waals surface area contributed by atoms with E-state index in [2.05, 4.69) is 26.0 Å². The fourth-order valence-corrected chi connectivity index (χ4v) is 3.27. The summed E-state index contributed by atoms with van der Waals surface area (Å²) >= 11 is 0. The van der Waals surface area contributed by atoms with E-state index in [1.807, 2.05) is 49.4 Å². The third kappa shape index (κ3) is 5.17. The fourth-order valence-electron chi connectivity index (χ4n) is 3.27. The summed E-state index contributed by atoms with van der Waals surface area (Å²) in [5, 5.41) is 11.0. The molecule has 0 spiro atoms. The van der Waals surface area contributed by atoms with Crippen molar-refractivity contribution >= 4 is 22.8 Å². The van der Waals surface area contributed by atoms with Crippen LogP contribution in [0.4, 0.5) is 0 Å². The van der Waals surface area contributed by atoms with Crippen LogP contribution in [0.15, 0.2) is 60.7 Å². The summed E-state index contributed by atoms with van der Waals surface area (Å²) in [5.41, 5.74) is 3.08. The zero-order chi connectivity index (χ0) is 20.8. The Bertz CT molecular complexity index is 1030. The lowest BCUT2D eigenvalue weighted by atomic mass is 10.0. The number of fused-ring (bicyclic) bond motifs is 1. The highest BCUT2D eigenvalue weighted by atomic mass is 16.5. The van der Waals surface area contributed by atoms with Crippen LogP contribution < -0.4 is 9.47 Å². The Morgan fingerprint density at radius 2 is 1.72 bits per heavy atom. The van der Waals surface area contributed by atoms with Crippen molar-refractivity contribution < 1.29 is 19.4 Å². The van der Waals surface area contributed by atoms with Crippen LogP contribution >= 0.6 is 0 Å². The molecule has 0 aliphatic heterocycles. The number of carbonyl (C=O) groups is 1. The van der Waals surface area contributed by atoms with Crippen molar-refractivity contribution in [1.82, 2.24) is 0 Å². The highest BCUT2D eigenvalue weighted by Gasteiger charge is 2.10. The molecule has 0 bridgehead atoms. The third-order valence-electron chi connectivity index (χ3n) is 4.71. The smallest absolute Gasteiger partial charge is 0.328 e. The maximum absolute atomic E-state index is 11.0. The fraction of sp³-hybridized carbons (Fsp3) is 0.240. The summed E-state index contributed by atoms with van der Waals surface area (Å²) in [7, 11) is 0. The van der Waals surface area contributed by atoms with Gasteiger partial charge in [0.15, 0.2) is 0 Å². The first-order valence-corrected chi connectivity index (χ1v) is 9.74. The average Bonchev–Trinajstić information content (AvgIpc) is 2.69. The van der Waals surface area contributed by atoms with Gasteiger partial charge in [-0.3, -0.25) is 0 Å². The van der Waals surface area contributed by atoms with Crippen molar-refractivity contribution in [1.29, 1.82) is 0 Å². The molecule has 29 heavy (non-hydrogen) atoms. The van der Waals surface area contributed by atoms with E-state index in [9.17, 15) is 4.79 Å². The summed E-state index contributed by atoms with van der Waals surface area (Å²) in [6.07, 6.45) is 2.71. The van der Waals surface area contributed by atoms with Crippen molar-refractivity contribution in [2.75, 3.05) is 13.2 Å². The van der Waals surface area contributed by atoms with Gasteiger partial charge in [0.25, 0.3) is 0 Å². The van der Waals surface area contributed by atoms with E-state index in [-0.39, 0.29) is 0 Å². The maximum Gasteiger partial charge on any atom is 0.328 e. The van der Waals surface area contributed by atoms with Crippen LogP contribution in [0.2, 0.25) is 0 Å². The lowest BCUT2D eigenvalue weighted by molar-refractivity contribution is -0.131. The Balaban J connectivity index is 1.75. The molecule has 0 radical (unpaired) electrons. The van der Waals surface area contributed by atoms with E-state index in [4.69, 9.17) is 14.6 Å². The van der Waals surface area contributed by atoms with Gasteiger partial charge in [-0.25, -0.2) is 4.79 Å². The van der Waals surface area contributed by atoms with Gasteiger partial charge in [-0.15, -0.1) is 0 Å². The van der Waals surface area contributed by atoms with E-state index in [1.54, 1.807) is 6.08 Å². The lowest BCUT2D eigenvalue weighted by Gasteiger charge is -2.16. The van der Waals surface area contributed by atoms with Crippen LogP contribution in [0.3, 0.4) is 0 Å². The molecule has 0 aromatic heterocycles. The Morgan fingerprint density at radius 3 is 2.45 bits per heavy atom. The Hall–Kier alpha value is -3.27. The van der Waals surface area contributed by atoms with Gasteiger partial charge >= 0.3 is 5.97 Å². The minimum absolute atomic E-state index is 0.359. The topological polar surface area (TPSA) is 55.8 Å². The number of aliphatic carboxylic acids is 1. The van der Waals surface area contributed by atoms with Gasteiger partial charge in [-0.1, -0.05) is 56.3 Å². The van der Waals surface area contributed by atoms with E-state index >= 15 is 0 Å². The molecule has 3 aromatic rings. The van der Waals surface area contributed by atoms with Gasteiger partial charge < -0.3 is 14.6 Å².